The van der Waals surface area contributed by atoms with Gasteiger partial charge in [-0.1, -0.05) is 0 Å². The molecule has 0 bridgehead atoms. The molecule has 0 fully saturated rings. The van der Waals surface area contributed by atoms with Gasteiger partial charge in [0.05, 0.1) is 4.90 Å². The third kappa shape index (κ3) is 3.42. The number of halogens is 1. The number of aromatic nitrogens is 5. The Bertz CT molecular complexity index is 1020. The highest BCUT2D eigenvalue weighted by molar-refractivity contribution is 7.92. The number of anilines is 1. The van der Waals surface area contributed by atoms with Crippen molar-refractivity contribution < 1.29 is 17.6 Å². The van der Waals surface area contributed by atoms with Crippen molar-refractivity contribution in [2.45, 2.75) is 17.1 Å². The van der Waals surface area contributed by atoms with E-state index in [0.717, 1.165) is 28.9 Å². The van der Waals surface area contributed by atoms with Crippen LogP contribution in [0.4, 0.5) is 10.3 Å². The van der Waals surface area contributed by atoms with Crippen LogP contribution in [-0.2, 0) is 14.6 Å². The second-order valence-corrected chi connectivity index (χ2v) is 7.44. The molecule has 2 heterocycles. The fraction of sp³-hybridized carbons (Fsp3) is 0.133. The van der Waals surface area contributed by atoms with Gasteiger partial charge in [-0.2, -0.15) is 14.8 Å². The molecule has 0 saturated heterocycles. The molecule has 2 aromatic heterocycles. The molecule has 26 heavy (non-hydrogen) atoms. The first-order chi connectivity index (χ1) is 12.4. The molecule has 9 nitrogen and oxygen atoms in total. The van der Waals surface area contributed by atoms with Crippen molar-refractivity contribution in [2.75, 3.05) is 5.32 Å². The highest BCUT2D eigenvalue weighted by atomic mass is 32.2. The smallest absolute Gasteiger partial charge is 0.253 e. The van der Waals surface area contributed by atoms with Crippen LogP contribution in [0.25, 0.3) is 5.95 Å². The van der Waals surface area contributed by atoms with Crippen molar-refractivity contribution in [3.8, 4) is 5.95 Å². The largest absolute Gasteiger partial charge is 0.293 e. The van der Waals surface area contributed by atoms with Gasteiger partial charge in [0.1, 0.15) is 17.4 Å². The number of sulfone groups is 1. The maximum absolute atomic E-state index is 13.0. The minimum absolute atomic E-state index is 0.0256. The van der Waals surface area contributed by atoms with Crippen molar-refractivity contribution >= 4 is 21.7 Å². The number of hydrogen-bond donors (Lipinski definition) is 1. The highest BCUT2D eigenvalue weighted by Gasteiger charge is 2.30. The van der Waals surface area contributed by atoms with Crippen LogP contribution in [0, 0.1) is 5.82 Å². The quantitative estimate of drug-likeness (QED) is 0.660. The molecule has 3 rings (SSSR count). The molecule has 1 atom stereocenters. The molecular weight excluding hydrogens is 363 g/mol. The summed E-state index contributed by atoms with van der Waals surface area (Å²) in [6.07, 6.45) is 4.14. The van der Waals surface area contributed by atoms with Crippen molar-refractivity contribution in [1.29, 1.82) is 0 Å². The van der Waals surface area contributed by atoms with Gasteiger partial charge in [0, 0.05) is 12.4 Å². The van der Waals surface area contributed by atoms with Gasteiger partial charge in [0.15, 0.2) is 9.84 Å². The summed E-state index contributed by atoms with van der Waals surface area (Å²) in [6.45, 7) is 1.23. The molecule has 1 unspecified atom stereocenters. The van der Waals surface area contributed by atoms with Gasteiger partial charge in [0.25, 0.3) is 5.95 Å². The summed E-state index contributed by atoms with van der Waals surface area (Å²) in [5.74, 6) is -1.26. The van der Waals surface area contributed by atoms with Gasteiger partial charge in [-0.15, -0.1) is 0 Å². The van der Waals surface area contributed by atoms with Crippen LogP contribution in [0.1, 0.15) is 6.92 Å². The van der Waals surface area contributed by atoms with Gasteiger partial charge in [-0.05, 0) is 37.3 Å². The van der Waals surface area contributed by atoms with E-state index < -0.39 is 26.8 Å². The highest BCUT2D eigenvalue weighted by Crippen LogP contribution is 2.18. The Kier molecular flexibility index (Phi) is 4.71. The summed E-state index contributed by atoms with van der Waals surface area (Å²) in [5, 5.41) is 4.86. The molecule has 1 aromatic carbocycles. The van der Waals surface area contributed by atoms with Gasteiger partial charge in [-0.3, -0.25) is 10.1 Å². The zero-order chi connectivity index (χ0) is 18.7. The SMILES string of the molecule is CC(C(=O)Nc1ncnn1-c1ncccn1)S(=O)(=O)c1ccc(F)cc1. The second kappa shape index (κ2) is 6.96. The summed E-state index contributed by atoms with van der Waals surface area (Å²) in [5.41, 5.74) is 0. The van der Waals surface area contributed by atoms with E-state index in [-0.39, 0.29) is 16.8 Å². The van der Waals surface area contributed by atoms with E-state index in [0.29, 0.717) is 0 Å². The fourth-order valence-corrected chi connectivity index (χ4v) is 3.32. The number of nitrogens with one attached hydrogen (secondary N) is 1. The minimum atomic E-state index is -4.00. The summed E-state index contributed by atoms with van der Waals surface area (Å²) in [6, 6.07) is 5.85. The van der Waals surface area contributed by atoms with Crippen LogP contribution in [0.3, 0.4) is 0 Å². The number of nitrogens with zero attached hydrogens (tertiary/aromatic N) is 5. The Labute approximate surface area is 147 Å². The Morgan fingerprint density at radius 1 is 1.15 bits per heavy atom. The molecule has 0 aliphatic carbocycles. The number of hydrogen-bond acceptors (Lipinski definition) is 7. The minimum Gasteiger partial charge on any atom is -0.293 e. The van der Waals surface area contributed by atoms with Crippen molar-refractivity contribution in [3.05, 3.63) is 54.9 Å². The second-order valence-electron chi connectivity index (χ2n) is 5.17. The maximum Gasteiger partial charge on any atom is 0.253 e. The predicted molar refractivity (Wildman–Crippen MR) is 88.6 cm³/mol. The van der Waals surface area contributed by atoms with Gasteiger partial charge < -0.3 is 0 Å². The third-order valence-corrected chi connectivity index (χ3v) is 5.58. The zero-order valence-electron chi connectivity index (χ0n) is 13.4. The molecule has 134 valence electrons. The van der Waals surface area contributed by atoms with Crippen LogP contribution in [0.15, 0.2) is 53.9 Å². The first-order valence-electron chi connectivity index (χ1n) is 7.37. The number of carbonyl (C=O) groups excluding carboxylic acids is 1. The van der Waals surface area contributed by atoms with Crippen molar-refractivity contribution in [1.82, 2.24) is 24.7 Å². The van der Waals surface area contributed by atoms with Crippen LogP contribution >= 0.6 is 0 Å². The van der Waals surface area contributed by atoms with E-state index in [1.54, 1.807) is 6.07 Å². The maximum atomic E-state index is 13.0. The molecule has 1 N–H and O–H groups in total. The monoisotopic (exact) mass is 376 g/mol. The third-order valence-electron chi connectivity index (χ3n) is 3.50. The lowest BCUT2D eigenvalue weighted by Crippen LogP contribution is -2.33. The lowest BCUT2D eigenvalue weighted by atomic mass is 10.3. The van der Waals surface area contributed by atoms with E-state index in [1.165, 1.54) is 25.6 Å². The topological polar surface area (TPSA) is 120 Å². The zero-order valence-corrected chi connectivity index (χ0v) is 14.3. The summed E-state index contributed by atoms with van der Waals surface area (Å²) >= 11 is 0. The molecule has 0 aliphatic rings. The van der Waals surface area contributed by atoms with Crippen LogP contribution in [-0.4, -0.2) is 44.3 Å². The molecule has 11 heteroatoms. The first-order valence-corrected chi connectivity index (χ1v) is 8.92. The molecule has 3 aromatic rings. The van der Waals surface area contributed by atoms with E-state index >= 15 is 0 Å². The number of amides is 1. The number of benzene rings is 1. The van der Waals surface area contributed by atoms with E-state index in [4.69, 9.17) is 0 Å². The molecule has 0 saturated carbocycles. The average Bonchev–Trinajstić information content (AvgIpc) is 3.10. The average molecular weight is 376 g/mol. The Balaban J connectivity index is 1.83. The Morgan fingerprint density at radius 3 is 2.46 bits per heavy atom. The van der Waals surface area contributed by atoms with Crippen LogP contribution in [0.5, 0.6) is 0 Å². The van der Waals surface area contributed by atoms with Crippen LogP contribution < -0.4 is 5.32 Å². The lowest BCUT2D eigenvalue weighted by molar-refractivity contribution is -0.115. The molecular formula is C15H13FN6O3S. The Hall–Kier alpha value is -3.21. The molecule has 0 radical (unpaired) electrons. The summed E-state index contributed by atoms with van der Waals surface area (Å²) in [7, 11) is -4.00. The molecule has 1 amide bonds. The van der Waals surface area contributed by atoms with E-state index in [2.05, 4.69) is 25.4 Å². The number of carbonyl (C=O) groups is 1. The molecule has 0 spiro atoms. The van der Waals surface area contributed by atoms with E-state index in [9.17, 15) is 17.6 Å². The van der Waals surface area contributed by atoms with Gasteiger partial charge >= 0.3 is 0 Å². The van der Waals surface area contributed by atoms with Gasteiger partial charge in [0.2, 0.25) is 11.9 Å². The summed E-state index contributed by atoms with van der Waals surface area (Å²) in [4.78, 5) is 24.1. The normalized spacial score (nSPS) is 12.5. The first kappa shape index (κ1) is 17.6. The van der Waals surface area contributed by atoms with E-state index in [1.807, 2.05) is 0 Å². The van der Waals surface area contributed by atoms with Crippen LogP contribution in [0.2, 0.25) is 0 Å². The molecule has 0 aliphatic heterocycles. The fourth-order valence-electron chi connectivity index (χ4n) is 2.05. The summed E-state index contributed by atoms with van der Waals surface area (Å²) < 4.78 is 39.2. The Morgan fingerprint density at radius 2 is 1.81 bits per heavy atom. The van der Waals surface area contributed by atoms with Crippen molar-refractivity contribution in [3.63, 3.8) is 0 Å². The standard InChI is InChI=1S/C15H13FN6O3S/c1-10(26(24,25)12-5-3-11(16)4-6-12)13(23)21-15-19-9-20-22(15)14-17-7-2-8-18-14/h2-10H,1H3,(H,19,20,21,23). The number of rotatable bonds is 5. The predicted octanol–water partition coefficient (Wildman–Crippen LogP) is 0.997. The lowest BCUT2D eigenvalue weighted by Gasteiger charge is -2.13. The van der Waals surface area contributed by atoms with Crippen molar-refractivity contribution in [2.24, 2.45) is 0 Å². The van der Waals surface area contributed by atoms with Gasteiger partial charge in [-0.25, -0.2) is 22.8 Å².